The van der Waals surface area contributed by atoms with Crippen molar-refractivity contribution in [2.45, 2.75) is 33.2 Å². The van der Waals surface area contributed by atoms with Crippen LogP contribution in [-0.2, 0) is 16.0 Å². The Morgan fingerprint density at radius 1 is 1.22 bits per heavy atom. The smallest absolute Gasteiger partial charge is 0.223 e. The first-order valence-electron chi connectivity index (χ1n) is 5.99. The van der Waals surface area contributed by atoms with Gasteiger partial charge in [0.2, 0.25) is 5.91 Å². The molecule has 0 radical (unpaired) electrons. The number of Topliss-reactive ketones (excluding diaryl/α,β-unsaturated/α-hetero) is 1. The summed E-state index contributed by atoms with van der Waals surface area (Å²) in [7, 11) is 0. The molecule has 1 rings (SSSR count). The van der Waals surface area contributed by atoms with Gasteiger partial charge in [-0.15, -0.1) is 0 Å². The largest absolute Gasteiger partial charge is 0.508 e. The summed E-state index contributed by atoms with van der Waals surface area (Å²) in [6.07, 6.45) is 0.580. The van der Waals surface area contributed by atoms with Gasteiger partial charge >= 0.3 is 0 Å². The lowest BCUT2D eigenvalue weighted by atomic mass is 10.00. The molecule has 1 aromatic carbocycles. The van der Waals surface area contributed by atoms with Gasteiger partial charge in [-0.3, -0.25) is 9.59 Å². The van der Waals surface area contributed by atoms with E-state index >= 15 is 0 Å². The molecule has 0 saturated heterocycles. The molecule has 0 bridgehead atoms. The van der Waals surface area contributed by atoms with Gasteiger partial charge in [-0.1, -0.05) is 19.1 Å². The lowest BCUT2D eigenvalue weighted by Gasteiger charge is -2.15. The molecule has 1 aromatic rings. The molecule has 0 fully saturated rings. The van der Waals surface area contributed by atoms with E-state index in [0.29, 0.717) is 6.42 Å². The highest BCUT2D eigenvalue weighted by molar-refractivity contribution is 5.87. The fourth-order valence-corrected chi connectivity index (χ4v) is 1.54. The molecule has 0 aromatic heterocycles. The predicted octanol–water partition coefficient (Wildman–Crippen LogP) is 1.66. The molecule has 0 saturated carbocycles. The quantitative estimate of drug-likeness (QED) is 0.834. The summed E-state index contributed by atoms with van der Waals surface area (Å²) in [6, 6.07) is 6.32. The number of benzene rings is 1. The van der Waals surface area contributed by atoms with Crippen LogP contribution >= 0.6 is 0 Å². The van der Waals surface area contributed by atoms with Crippen LogP contribution in [0.15, 0.2) is 24.3 Å². The summed E-state index contributed by atoms with van der Waals surface area (Å²) in [5.41, 5.74) is 0.978. The van der Waals surface area contributed by atoms with Crippen molar-refractivity contribution in [3.8, 4) is 5.75 Å². The van der Waals surface area contributed by atoms with Crippen LogP contribution in [0.3, 0.4) is 0 Å². The van der Waals surface area contributed by atoms with Crippen molar-refractivity contribution in [2.75, 3.05) is 0 Å². The third kappa shape index (κ3) is 4.20. The van der Waals surface area contributed by atoms with E-state index < -0.39 is 6.04 Å². The van der Waals surface area contributed by atoms with E-state index in [4.69, 9.17) is 5.11 Å². The minimum atomic E-state index is -0.445. The third-order valence-electron chi connectivity index (χ3n) is 2.89. The average molecular weight is 249 g/mol. The van der Waals surface area contributed by atoms with Gasteiger partial charge in [0.25, 0.3) is 0 Å². The van der Waals surface area contributed by atoms with Crippen LogP contribution in [-0.4, -0.2) is 22.8 Å². The number of hydrogen-bond acceptors (Lipinski definition) is 3. The molecular formula is C14H19NO3. The Kier molecular flexibility index (Phi) is 4.89. The molecule has 0 aliphatic rings. The van der Waals surface area contributed by atoms with Gasteiger partial charge in [0.15, 0.2) is 5.78 Å². The molecule has 1 amide bonds. The van der Waals surface area contributed by atoms with Crippen LogP contribution < -0.4 is 5.32 Å². The number of aromatic hydroxyl groups is 1. The monoisotopic (exact) mass is 249 g/mol. The molecular weight excluding hydrogens is 230 g/mol. The minimum absolute atomic E-state index is 0.0554. The normalized spacial score (nSPS) is 13.7. The molecule has 98 valence electrons. The summed E-state index contributed by atoms with van der Waals surface area (Å²) in [6.45, 7) is 4.94. The van der Waals surface area contributed by atoms with Crippen molar-refractivity contribution >= 4 is 11.7 Å². The standard InChI is InChI=1S/C14H19NO3/c1-9(14(18)15-10(2)11(3)16)8-12-4-6-13(17)7-5-12/h4-7,9-10,17H,8H2,1-3H3,(H,15,18)/t9-,10-/m0/s1. The maximum Gasteiger partial charge on any atom is 0.223 e. The van der Waals surface area contributed by atoms with Gasteiger partial charge in [-0.2, -0.15) is 0 Å². The molecule has 2 atom stereocenters. The highest BCUT2D eigenvalue weighted by Crippen LogP contribution is 2.13. The Hall–Kier alpha value is -1.84. The maximum absolute atomic E-state index is 11.8. The number of amides is 1. The number of phenolic OH excluding ortho intramolecular Hbond substituents is 1. The van der Waals surface area contributed by atoms with E-state index in [2.05, 4.69) is 5.32 Å². The first-order valence-corrected chi connectivity index (χ1v) is 5.99. The average Bonchev–Trinajstić information content (AvgIpc) is 2.31. The van der Waals surface area contributed by atoms with E-state index in [1.54, 1.807) is 31.2 Å². The summed E-state index contributed by atoms with van der Waals surface area (Å²) < 4.78 is 0. The summed E-state index contributed by atoms with van der Waals surface area (Å²) >= 11 is 0. The van der Waals surface area contributed by atoms with E-state index in [9.17, 15) is 9.59 Å². The molecule has 4 nitrogen and oxygen atoms in total. The molecule has 18 heavy (non-hydrogen) atoms. The van der Waals surface area contributed by atoms with Crippen molar-refractivity contribution in [3.63, 3.8) is 0 Å². The van der Waals surface area contributed by atoms with Gasteiger partial charge in [-0.25, -0.2) is 0 Å². The third-order valence-corrected chi connectivity index (χ3v) is 2.89. The Balaban J connectivity index is 2.54. The van der Waals surface area contributed by atoms with Crippen LogP contribution in [0, 0.1) is 5.92 Å². The van der Waals surface area contributed by atoms with E-state index in [1.807, 2.05) is 6.92 Å². The SMILES string of the molecule is CC(=O)[C@H](C)NC(=O)[C@@H](C)Cc1ccc(O)cc1. The highest BCUT2D eigenvalue weighted by Gasteiger charge is 2.17. The highest BCUT2D eigenvalue weighted by atomic mass is 16.3. The van der Waals surface area contributed by atoms with Gasteiger partial charge in [0.05, 0.1) is 6.04 Å². The topological polar surface area (TPSA) is 66.4 Å². The molecule has 0 spiro atoms. The van der Waals surface area contributed by atoms with Crippen LogP contribution in [0.5, 0.6) is 5.75 Å². The Morgan fingerprint density at radius 3 is 2.28 bits per heavy atom. The van der Waals surface area contributed by atoms with Crippen LogP contribution in [0.4, 0.5) is 0 Å². The second kappa shape index (κ2) is 6.19. The molecule has 0 aliphatic heterocycles. The van der Waals surface area contributed by atoms with Crippen LogP contribution in [0.25, 0.3) is 0 Å². The molecule has 2 N–H and O–H groups in total. The fraction of sp³-hybridized carbons (Fsp3) is 0.429. The fourth-order valence-electron chi connectivity index (χ4n) is 1.54. The Morgan fingerprint density at radius 2 is 1.78 bits per heavy atom. The zero-order chi connectivity index (χ0) is 13.7. The van der Waals surface area contributed by atoms with Gasteiger partial charge in [0, 0.05) is 5.92 Å². The number of ketones is 1. The second-order valence-corrected chi connectivity index (χ2v) is 4.61. The minimum Gasteiger partial charge on any atom is -0.508 e. The lowest BCUT2D eigenvalue weighted by Crippen LogP contribution is -2.40. The second-order valence-electron chi connectivity index (χ2n) is 4.61. The zero-order valence-electron chi connectivity index (χ0n) is 10.9. The van der Waals surface area contributed by atoms with E-state index in [0.717, 1.165) is 5.56 Å². The molecule has 0 heterocycles. The van der Waals surface area contributed by atoms with Crippen LogP contribution in [0.1, 0.15) is 26.3 Å². The van der Waals surface area contributed by atoms with Crippen LogP contribution in [0.2, 0.25) is 0 Å². The summed E-state index contributed by atoms with van der Waals surface area (Å²) in [5, 5.41) is 11.8. The number of carbonyl (C=O) groups is 2. The molecule has 4 heteroatoms. The molecule has 0 aliphatic carbocycles. The first kappa shape index (κ1) is 14.2. The number of nitrogens with one attached hydrogen (secondary N) is 1. The number of hydrogen-bond donors (Lipinski definition) is 2. The van der Waals surface area contributed by atoms with Crippen molar-refractivity contribution in [1.29, 1.82) is 0 Å². The maximum atomic E-state index is 11.8. The van der Waals surface area contributed by atoms with Crippen molar-refractivity contribution in [1.82, 2.24) is 5.32 Å². The lowest BCUT2D eigenvalue weighted by molar-refractivity contribution is -0.128. The van der Waals surface area contributed by atoms with Crippen molar-refractivity contribution in [3.05, 3.63) is 29.8 Å². The summed E-state index contributed by atoms with van der Waals surface area (Å²) in [5.74, 6) is -0.191. The van der Waals surface area contributed by atoms with E-state index in [-0.39, 0.29) is 23.4 Å². The predicted molar refractivity (Wildman–Crippen MR) is 69.3 cm³/mol. The van der Waals surface area contributed by atoms with Gasteiger partial charge in [0.1, 0.15) is 5.75 Å². The zero-order valence-corrected chi connectivity index (χ0v) is 10.9. The molecule has 0 unspecified atom stereocenters. The Labute approximate surface area is 107 Å². The number of rotatable bonds is 5. The van der Waals surface area contributed by atoms with Crippen molar-refractivity contribution < 1.29 is 14.7 Å². The van der Waals surface area contributed by atoms with Gasteiger partial charge < -0.3 is 10.4 Å². The van der Waals surface area contributed by atoms with Gasteiger partial charge in [-0.05, 0) is 38.0 Å². The number of carbonyl (C=O) groups excluding carboxylic acids is 2. The Bertz CT molecular complexity index is 425. The van der Waals surface area contributed by atoms with E-state index in [1.165, 1.54) is 6.92 Å². The number of phenols is 1. The van der Waals surface area contributed by atoms with Crippen molar-refractivity contribution in [2.24, 2.45) is 5.92 Å². The summed E-state index contributed by atoms with van der Waals surface area (Å²) in [4.78, 5) is 22.9. The first-order chi connectivity index (χ1) is 8.40.